The molecule has 0 aliphatic carbocycles. The molecule has 21 heavy (non-hydrogen) atoms. The van der Waals surface area contributed by atoms with E-state index in [4.69, 9.17) is 22.4 Å². The zero-order chi connectivity index (χ0) is 16.2. The summed E-state index contributed by atoms with van der Waals surface area (Å²) in [6.45, 7) is 5.30. The van der Waals surface area contributed by atoms with Crippen molar-refractivity contribution in [3.8, 4) is 0 Å². The minimum atomic E-state index is -1.09. The Bertz CT molecular complexity index is 549. The molecule has 0 saturated carbocycles. The van der Waals surface area contributed by atoms with Gasteiger partial charge in [-0.1, -0.05) is 17.7 Å². The molecule has 1 aromatic rings. The fraction of sp³-hybridized carbons (Fsp3) is 0.429. The van der Waals surface area contributed by atoms with Gasteiger partial charge >= 0.3 is 5.97 Å². The number of carboxylic acids is 1. The summed E-state index contributed by atoms with van der Waals surface area (Å²) in [5.41, 5.74) is 7.14. The Balaban J connectivity index is 2.60. The molecule has 0 unspecified atom stereocenters. The largest absolute Gasteiger partial charge is 0.480 e. The number of aliphatic carboxylic acids is 1. The van der Waals surface area contributed by atoms with E-state index in [0.717, 1.165) is 5.56 Å². The fourth-order valence-corrected chi connectivity index (χ4v) is 2.68. The number of carbonyl (C=O) groups is 2. The van der Waals surface area contributed by atoms with Gasteiger partial charge in [0, 0.05) is 4.75 Å². The Morgan fingerprint density at radius 3 is 2.62 bits per heavy atom. The number of anilines is 1. The van der Waals surface area contributed by atoms with Crippen molar-refractivity contribution < 1.29 is 14.7 Å². The number of halogens is 1. The topological polar surface area (TPSA) is 92.4 Å². The van der Waals surface area contributed by atoms with Crippen LogP contribution >= 0.6 is 23.4 Å². The summed E-state index contributed by atoms with van der Waals surface area (Å²) < 4.78 is -0.750. The average Bonchev–Trinajstić information content (AvgIpc) is 2.39. The van der Waals surface area contributed by atoms with Crippen LogP contribution in [0.3, 0.4) is 0 Å². The van der Waals surface area contributed by atoms with Gasteiger partial charge in [0.1, 0.15) is 6.04 Å². The van der Waals surface area contributed by atoms with Crippen LogP contribution < -0.4 is 11.1 Å². The number of thioether (sulfide) groups is 1. The second-order valence-electron chi connectivity index (χ2n) is 5.24. The van der Waals surface area contributed by atoms with Gasteiger partial charge in [-0.3, -0.25) is 9.59 Å². The van der Waals surface area contributed by atoms with Crippen molar-refractivity contribution in [2.75, 3.05) is 11.1 Å². The molecule has 1 amide bonds. The fourth-order valence-electron chi connectivity index (χ4n) is 1.55. The van der Waals surface area contributed by atoms with E-state index in [-0.39, 0.29) is 11.7 Å². The highest BCUT2D eigenvalue weighted by molar-refractivity contribution is 8.01. The highest BCUT2D eigenvalue weighted by Gasteiger charge is 2.33. The summed E-state index contributed by atoms with van der Waals surface area (Å²) in [6.07, 6.45) is 0. The van der Waals surface area contributed by atoms with Gasteiger partial charge < -0.3 is 16.2 Å². The number of nitrogens with two attached hydrogens (primary N) is 1. The van der Waals surface area contributed by atoms with Crippen molar-refractivity contribution in [3.05, 3.63) is 28.8 Å². The third-order valence-corrected chi connectivity index (χ3v) is 4.71. The van der Waals surface area contributed by atoms with Crippen molar-refractivity contribution in [1.29, 1.82) is 0 Å². The number of amides is 1. The molecule has 0 fully saturated rings. The molecule has 0 aliphatic heterocycles. The van der Waals surface area contributed by atoms with E-state index in [9.17, 15) is 9.59 Å². The number of hydrogen-bond acceptors (Lipinski definition) is 4. The summed E-state index contributed by atoms with van der Waals surface area (Å²) in [5.74, 6) is -1.25. The van der Waals surface area contributed by atoms with Gasteiger partial charge in [-0.2, -0.15) is 0 Å². The molecule has 4 N–H and O–H groups in total. The molecule has 0 aliphatic rings. The normalized spacial score (nSPS) is 12.8. The van der Waals surface area contributed by atoms with Gasteiger partial charge in [0.05, 0.1) is 16.5 Å². The van der Waals surface area contributed by atoms with Crippen molar-refractivity contribution in [1.82, 2.24) is 0 Å². The molecule has 1 atom stereocenters. The number of rotatable bonds is 6. The van der Waals surface area contributed by atoms with E-state index >= 15 is 0 Å². The predicted molar refractivity (Wildman–Crippen MR) is 87.0 cm³/mol. The number of hydrogen-bond donors (Lipinski definition) is 3. The maximum Gasteiger partial charge on any atom is 0.321 e. The first kappa shape index (κ1) is 17.8. The van der Waals surface area contributed by atoms with Crippen molar-refractivity contribution in [2.45, 2.75) is 31.6 Å². The van der Waals surface area contributed by atoms with Crippen LogP contribution in [-0.4, -0.2) is 33.5 Å². The highest BCUT2D eigenvalue weighted by atomic mass is 35.5. The SMILES string of the molecule is Cc1ccc(NC(=O)CSC(C)(C)[C@@H](N)C(=O)O)c(Cl)c1. The lowest BCUT2D eigenvalue weighted by Gasteiger charge is -2.27. The van der Waals surface area contributed by atoms with Gasteiger partial charge in [-0.05, 0) is 38.5 Å². The van der Waals surface area contributed by atoms with Crippen LogP contribution in [-0.2, 0) is 9.59 Å². The molecule has 0 radical (unpaired) electrons. The van der Waals surface area contributed by atoms with E-state index in [1.165, 1.54) is 11.8 Å². The average molecular weight is 331 g/mol. The molecule has 0 aromatic heterocycles. The summed E-state index contributed by atoms with van der Waals surface area (Å²) >= 11 is 7.23. The quantitative estimate of drug-likeness (QED) is 0.745. The van der Waals surface area contributed by atoms with Crippen molar-refractivity contribution in [2.24, 2.45) is 5.73 Å². The summed E-state index contributed by atoms with van der Waals surface area (Å²) in [7, 11) is 0. The van der Waals surface area contributed by atoms with Gasteiger partial charge in [0.2, 0.25) is 5.91 Å². The summed E-state index contributed by atoms with van der Waals surface area (Å²) in [6, 6.07) is 4.29. The Labute approximate surface area is 133 Å². The predicted octanol–water partition coefficient (Wildman–Crippen LogP) is 2.51. The van der Waals surface area contributed by atoms with Gasteiger partial charge in [0.25, 0.3) is 0 Å². The number of aryl methyl sites for hydroxylation is 1. The molecule has 0 heterocycles. The monoisotopic (exact) mass is 330 g/mol. The standard InChI is InChI=1S/C14H19ClN2O3S/c1-8-4-5-10(9(15)6-8)17-11(18)7-21-14(2,3)12(16)13(19)20/h4-6,12H,7,16H2,1-3H3,(H,17,18)(H,19,20)/t12-/m0/s1. The van der Waals surface area contributed by atoms with Crippen molar-refractivity contribution in [3.63, 3.8) is 0 Å². The van der Waals surface area contributed by atoms with Gasteiger partial charge in [-0.15, -0.1) is 11.8 Å². The van der Waals surface area contributed by atoms with E-state index in [0.29, 0.717) is 10.7 Å². The van der Waals surface area contributed by atoms with E-state index in [1.807, 2.05) is 13.0 Å². The van der Waals surface area contributed by atoms with Crippen LogP contribution in [0.1, 0.15) is 19.4 Å². The van der Waals surface area contributed by atoms with E-state index in [1.54, 1.807) is 26.0 Å². The second-order valence-corrected chi connectivity index (χ2v) is 7.28. The zero-order valence-corrected chi connectivity index (χ0v) is 13.7. The lowest BCUT2D eigenvalue weighted by molar-refractivity contribution is -0.139. The molecular formula is C14H19ClN2O3S. The first-order valence-electron chi connectivity index (χ1n) is 6.32. The van der Waals surface area contributed by atoms with Crippen LogP contribution in [0.15, 0.2) is 18.2 Å². The molecule has 0 spiro atoms. The second kappa shape index (κ2) is 7.15. The molecule has 5 nitrogen and oxygen atoms in total. The maximum atomic E-state index is 11.9. The number of benzene rings is 1. The third kappa shape index (κ3) is 5.22. The number of carboxylic acid groups (broad SMARTS) is 1. The summed E-state index contributed by atoms with van der Waals surface area (Å²) in [5, 5.41) is 12.1. The molecule has 0 saturated heterocycles. The Kier molecular flexibility index (Phi) is 6.07. The molecule has 116 valence electrons. The minimum Gasteiger partial charge on any atom is -0.480 e. The first-order chi connectivity index (χ1) is 9.63. The number of carbonyl (C=O) groups excluding carboxylic acids is 1. The first-order valence-corrected chi connectivity index (χ1v) is 7.68. The maximum absolute atomic E-state index is 11.9. The number of nitrogens with one attached hydrogen (secondary N) is 1. The lowest BCUT2D eigenvalue weighted by atomic mass is 10.1. The van der Waals surface area contributed by atoms with Crippen LogP contribution in [0, 0.1) is 6.92 Å². The molecule has 1 rings (SSSR count). The third-order valence-electron chi connectivity index (χ3n) is 2.99. The Morgan fingerprint density at radius 1 is 1.48 bits per heavy atom. The van der Waals surface area contributed by atoms with Crippen LogP contribution in [0.2, 0.25) is 5.02 Å². The van der Waals surface area contributed by atoms with Crippen LogP contribution in [0.4, 0.5) is 5.69 Å². The highest BCUT2D eigenvalue weighted by Crippen LogP contribution is 2.28. The lowest BCUT2D eigenvalue weighted by Crippen LogP contribution is -2.47. The Morgan fingerprint density at radius 2 is 2.10 bits per heavy atom. The zero-order valence-electron chi connectivity index (χ0n) is 12.1. The Hall–Kier alpha value is -1.24. The minimum absolute atomic E-state index is 0.0954. The van der Waals surface area contributed by atoms with Crippen LogP contribution in [0.5, 0.6) is 0 Å². The molecule has 7 heteroatoms. The van der Waals surface area contributed by atoms with Gasteiger partial charge in [0.15, 0.2) is 0 Å². The van der Waals surface area contributed by atoms with E-state index in [2.05, 4.69) is 5.32 Å². The van der Waals surface area contributed by atoms with Crippen molar-refractivity contribution >= 4 is 40.9 Å². The van der Waals surface area contributed by atoms with Crippen LogP contribution in [0.25, 0.3) is 0 Å². The molecule has 0 bridgehead atoms. The summed E-state index contributed by atoms with van der Waals surface area (Å²) in [4.78, 5) is 22.8. The molecule has 1 aromatic carbocycles. The van der Waals surface area contributed by atoms with E-state index < -0.39 is 16.8 Å². The van der Waals surface area contributed by atoms with Gasteiger partial charge in [-0.25, -0.2) is 0 Å². The molecular weight excluding hydrogens is 312 g/mol. The smallest absolute Gasteiger partial charge is 0.321 e.